The van der Waals surface area contributed by atoms with Crippen LogP contribution in [0.1, 0.15) is 77.2 Å². The molecular weight excluding hydrogens is 351 g/mol. The topological polar surface area (TPSA) is 35.0 Å². The van der Waals surface area contributed by atoms with Gasteiger partial charge in [0.1, 0.15) is 11.9 Å². The Hall–Kier alpha value is -1.97. The first-order valence-electron chi connectivity index (χ1n) is 10.9. The molecule has 0 aliphatic carbocycles. The van der Waals surface area contributed by atoms with Crippen molar-refractivity contribution in [3.05, 3.63) is 42.2 Å². The van der Waals surface area contributed by atoms with Gasteiger partial charge < -0.3 is 4.74 Å². The predicted molar refractivity (Wildman–Crippen MR) is 114 cm³/mol. The zero-order valence-electron chi connectivity index (χ0n) is 17.5. The van der Waals surface area contributed by atoms with E-state index in [1.165, 1.54) is 50.5 Å². The van der Waals surface area contributed by atoms with Gasteiger partial charge >= 0.3 is 0 Å². The van der Waals surface area contributed by atoms with Crippen molar-refractivity contribution in [3.8, 4) is 17.1 Å². The van der Waals surface area contributed by atoms with Gasteiger partial charge in [0.25, 0.3) is 0 Å². The van der Waals surface area contributed by atoms with Crippen LogP contribution in [0.4, 0.5) is 4.39 Å². The number of nitrogens with zero attached hydrogens (tertiary/aromatic N) is 2. The molecule has 0 bridgehead atoms. The molecule has 1 aromatic heterocycles. The Kier molecular flexibility index (Phi) is 10.6. The molecular formula is C24H35FN2O. The smallest absolute Gasteiger partial charge is 0.159 e. The van der Waals surface area contributed by atoms with E-state index in [4.69, 9.17) is 4.74 Å². The Labute approximate surface area is 169 Å². The minimum absolute atomic E-state index is 0.401. The van der Waals surface area contributed by atoms with E-state index in [1.54, 1.807) is 0 Å². The lowest BCUT2D eigenvalue weighted by Crippen LogP contribution is -2.06. The van der Waals surface area contributed by atoms with E-state index >= 15 is 0 Å². The third kappa shape index (κ3) is 8.37. The van der Waals surface area contributed by atoms with Gasteiger partial charge in [-0.3, -0.25) is 0 Å². The minimum Gasteiger partial charge on any atom is -0.493 e. The molecule has 28 heavy (non-hydrogen) atoms. The number of alkyl halides is 1. The Balaban J connectivity index is 1.73. The quantitative estimate of drug-likeness (QED) is 0.329. The van der Waals surface area contributed by atoms with E-state index < -0.39 is 6.17 Å². The number of halogens is 1. The largest absolute Gasteiger partial charge is 0.493 e. The summed E-state index contributed by atoms with van der Waals surface area (Å²) in [5, 5.41) is 0. The number of benzene rings is 1. The van der Waals surface area contributed by atoms with Gasteiger partial charge in [-0.05, 0) is 49.1 Å². The SMILES string of the molecule is CCCCCCCCCc1cnc(-c2ccc(OCCC(F)CC)cc2)nc1. The molecule has 154 valence electrons. The van der Waals surface area contributed by atoms with Crippen LogP contribution < -0.4 is 4.74 Å². The lowest BCUT2D eigenvalue weighted by molar-refractivity contribution is 0.231. The van der Waals surface area contributed by atoms with Crippen molar-refractivity contribution >= 4 is 0 Å². The molecule has 1 unspecified atom stereocenters. The lowest BCUT2D eigenvalue weighted by Gasteiger charge is -2.09. The van der Waals surface area contributed by atoms with Gasteiger partial charge in [-0.1, -0.05) is 52.4 Å². The van der Waals surface area contributed by atoms with Crippen LogP contribution in [-0.4, -0.2) is 22.7 Å². The molecule has 2 rings (SSSR count). The molecule has 0 saturated heterocycles. The second-order valence-corrected chi connectivity index (χ2v) is 7.45. The normalized spacial score (nSPS) is 12.1. The average molecular weight is 387 g/mol. The van der Waals surface area contributed by atoms with Gasteiger partial charge in [-0.25, -0.2) is 14.4 Å². The zero-order valence-corrected chi connectivity index (χ0v) is 17.5. The van der Waals surface area contributed by atoms with Gasteiger partial charge in [0.05, 0.1) is 6.61 Å². The van der Waals surface area contributed by atoms with Crippen molar-refractivity contribution in [2.24, 2.45) is 0 Å². The maximum Gasteiger partial charge on any atom is 0.159 e. The molecule has 0 fully saturated rings. The molecule has 0 aliphatic heterocycles. The van der Waals surface area contributed by atoms with E-state index in [2.05, 4.69) is 16.9 Å². The molecule has 3 nitrogen and oxygen atoms in total. The van der Waals surface area contributed by atoms with Gasteiger partial charge in [0.15, 0.2) is 5.82 Å². The monoisotopic (exact) mass is 386 g/mol. The maximum absolute atomic E-state index is 13.2. The van der Waals surface area contributed by atoms with Crippen LogP contribution in [0.3, 0.4) is 0 Å². The summed E-state index contributed by atoms with van der Waals surface area (Å²) in [5.41, 5.74) is 2.17. The van der Waals surface area contributed by atoms with Crippen LogP contribution in [-0.2, 0) is 6.42 Å². The summed E-state index contributed by atoms with van der Waals surface area (Å²) in [5.74, 6) is 1.48. The third-order valence-corrected chi connectivity index (χ3v) is 5.03. The highest BCUT2D eigenvalue weighted by Gasteiger charge is 2.05. The van der Waals surface area contributed by atoms with E-state index in [0.717, 1.165) is 23.6 Å². The van der Waals surface area contributed by atoms with Crippen molar-refractivity contribution in [1.29, 1.82) is 0 Å². The lowest BCUT2D eigenvalue weighted by atomic mass is 10.1. The highest BCUT2D eigenvalue weighted by atomic mass is 19.1. The third-order valence-electron chi connectivity index (χ3n) is 5.03. The fraction of sp³-hybridized carbons (Fsp3) is 0.583. The molecule has 4 heteroatoms. The number of aromatic nitrogens is 2. The molecule has 2 aromatic rings. The summed E-state index contributed by atoms with van der Waals surface area (Å²) in [6.45, 7) is 4.50. The Morgan fingerprint density at radius 3 is 2.18 bits per heavy atom. The van der Waals surface area contributed by atoms with Crippen LogP contribution in [0.5, 0.6) is 5.75 Å². The van der Waals surface area contributed by atoms with E-state index in [-0.39, 0.29) is 0 Å². The number of ether oxygens (including phenoxy) is 1. The molecule has 0 radical (unpaired) electrons. The highest BCUT2D eigenvalue weighted by Crippen LogP contribution is 2.20. The molecule has 0 spiro atoms. The number of aryl methyl sites for hydroxylation is 1. The maximum atomic E-state index is 13.2. The van der Waals surface area contributed by atoms with Crippen molar-refractivity contribution in [3.63, 3.8) is 0 Å². The Bertz CT molecular complexity index is 643. The summed E-state index contributed by atoms with van der Waals surface area (Å²) in [4.78, 5) is 9.03. The molecule has 0 amide bonds. The number of hydrogen-bond donors (Lipinski definition) is 0. The van der Waals surface area contributed by atoms with Gasteiger partial charge in [0, 0.05) is 24.4 Å². The first-order chi connectivity index (χ1) is 13.7. The molecule has 0 saturated carbocycles. The van der Waals surface area contributed by atoms with Crippen LogP contribution in [0, 0.1) is 0 Å². The first kappa shape index (κ1) is 22.3. The Morgan fingerprint density at radius 2 is 1.54 bits per heavy atom. The van der Waals surface area contributed by atoms with Gasteiger partial charge in [0.2, 0.25) is 0 Å². The molecule has 0 N–H and O–H groups in total. The van der Waals surface area contributed by atoms with Crippen LogP contribution >= 0.6 is 0 Å². The fourth-order valence-corrected chi connectivity index (χ4v) is 3.13. The second-order valence-electron chi connectivity index (χ2n) is 7.45. The predicted octanol–water partition coefficient (Wildman–Crippen LogP) is 6.95. The van der Waals surface area contributed by atoms with Crippen LogP contribution in [0.25, 0.3) is 11.4 Å². The van der Waals surface area contributed by atoms with E-state index in [1.807, 2.05) is 43.6 Å². The fourth-order valence-electron chi connectivity index (χ4n) is 3.13. The average Bonchev–Trinajstić information content (AvgIpc) is 2.74. The van der Waals surface area contributed by atoms with E-state index in [9.17, 15) is 4.39 Å². The molecule has 1 heterocycles. The highest BCUT2D eigenvalue weighted by molar-refractivity contribution is 5.55. The van der Waals surface area contributed by atoms with Gasteiger partial charge in [-0.15, -0.1) is 0 Å². The summed E-state index contributed by atoms with van der Waals surface area (Å²) < 4.78 is 18.8. The van der Waals surface area contributed by atoms with Crippen molar-refractivity contribution < 1.29 is 9.13 Å². The summed E-state index contributed by atoms with van der Waals surface area (Å²) >= 11 is 0. The summed E-state index contributed by atoms with van der Waals surface area (Å²) in [6.07, 6.45) is 14.3. The number of hydrogen-bond acceptors (Lipinski definition) is 3. The van der Waals surface area contributed by atoms with Crippen molar-refractivity contribution in [2.45, 2.75) is 84.2 Å². The van der Waals surface area contributed by atoms with Crippen molar-refractivity contribution in [1.82, 2.24) is 9.97 Å². The standard InChI is InChI=1S/C24H35FN2O/c1-3-5-6-7-8-9-10-11-20-18-26-24(27-19-20)21-12-14-23(15-13-21)28-17-16-22(25)4-2/h12-15,18-19,22H,3-11,16-17H2,1-2H3. The van der Waals surface area contributed by atoms with Crippen LogP contribution in [0.2, 0.25) is 0 Å². The molecule has 0 aliphatic rings. The first-order valence-corrected chi connectivity index (χ1v) is 10.9. The minimum atomic E-state index is -0.785. The molecule has 1 aromatic carbocycles. The number of unbranched alkanes of at least 4 members (excludes halogenated alkanes) is 6. The zero-order chi connectivity index (χ0) is 20.0. The summed E-state index contributed by atoms with van der Waals surface area (Å²) in [6, 6.07) is 7.69. The second kappa shape index (κ2) is 13.2. The van der Waals surface area contributed by atoms with Crippen molar-refractivity contribution in [2.75, 3.05) is 6.61 Å². The van der Waals surface area contributed by atoms with Gasteiger partial charge in [-0.2, -0.15) is 0 Å². The summed E-state index contributed by atoms with van der Waals surface area (Å²) in [7, 11) is 0. The number of rotatable bonds is 14. The Morgan fingerprint density at radius 1 is 0.893 bits per heavy atom. The van der Waals surface area contributed by atoms with Crippen LogP contribution in [0.15, 0.2) is 36.7 Å². The van der Waals surface area contributed by atoms with E-state index in [0.29, 0.717) is 19.4 Å². The molecule has 1 atom stereocenters.